The average Bonchev–Trinajstić information content (AvgIpc) is 3.97. The summed E-state index contributed by atoms with van der Waals surface area (Å²) in [5.74, 6) is -1.97. The van der Waals surface area contributed by atoms with Gasteiger partial charge in [-0.25, -0.2) is 4.98 Å². The molecule has 40 heteroatoms. The van der Waals surface area contributed by atoms with E-state index in [9.17, 15) is 67.2 Å². The number of aromatic nitrogens is 3. The van der Waals surface area contributed by atoms with Gasteiger partial charge in [0.15, 0.2) is 11.4 Å². The van der Waals surface area contributed by atoms with Crippen LogP contribution in [0.3, 0.4) is 0 Å². The molecule has 0 aliphatic rings. The zero-order valence-electron chi connectivity index (χ0n) is 38.3. The molecule has 0 amide bonds. The third-order valence-electron chi connectivity index (χ3n) is 9.29. The van der Waals surface area contributed by atoms with Crippen LogP contribution in [0.5, 0.6) is 17.4 Å². The number of aryl methyl sites for hydroxylation is 1. The quantitative estimate of drug-likeness (QED) is 0.0384. The number of aliphatic hydroxyl groups is 1. The first-order valence-corrected chi connectivity index (χ1v) is 28.7. The van der Waals surface area contributed by atoms with Crippen molar-refractivity contribution in [2.75, 3.05) is 12.4 Å². The molecule has 0 fully saturated rings. The van der Waals surface area contributed by atoms with E-state index in [0.29, 0.717) is 5.56 Å². The number of hydrogen-bond donors (Lipinski definition) is 7. The minimum absolute atomic E-state index is 0.00110. The molecule has 0 aliphatic heterocycles. The van der Waals surface area contributed by atoms with Crippen LogP contribution in [-0.2, 0) is 77.9 Å². The fourth-order valence-electron chi connectivity index (χ4n) is 6.28. The summed E-state index contributed by atoms with van der Waals surface area (Å²) >= 11 is 0.765. The molecule has 0 spiro atoms. The minimum Gasteiger partial charge on any atom is -0.505 e. The lowest BCUT2D eigenvalue weighted by atomic mass is 10.1. The first-order valence-electron chi connectivity index (χ1n) is 19.9. The Hall–Kier alpha value is -8.12. The van der Waals surface area contributed by atoms with Crippen molar-refractivity contribution in [1.82, 2.24) is 14.8 Å². The SMILES string of the molecule is Cc1cc(N=Nc2ccc3c(S(=O)(=O)O)c(N=Nc4cnn(-c5cccc(S(=O)(=O)O)c5)c4O)ccc3c2O)c(OCCCS(=O)(=O)O)cc1N=Nc1nc2ccc(CO)c(S(=O)(=O)O)c2s1.O=C=O.O=S(=O)=O.O=S(=O)=O. The van der Waals surface area contributed by atoms with Crippen LogP contribution >= 0.6 is 11.3 Å². The van der Waals surface area contributed by atoms with Crippen molar-refractivity contribution in [2.24, 2.45) is 30.7 Å². The van der Waals surface area contributed by atoms with Crippen molar-refractivity contribution in [2.45, 2.75) is 34.6 Å². The van der Waals surface area contributed by atoms with E-state index in [0.717, 1.165) is 46.5 Å². The molecule has 0 saturated heterocycles. The summed E-state index contributed by atoms with van der Waals surface area (Å²) in [5.41, 5.74) is -0.356. The Morgan fingerprint density at radius 3 is 1.82 bits per heavy atom. The summed E-state index contributed by atoms with van der Waals surface area (Å²) in [4.78, 5) is 18.7. The normalized spacial score (nSPS) is 11.9. The van der Waals surface area contributed by atoms with Gasteiger partial charge in [0, 0.05) is 22.4 Å². The molecule has 33 nitrogen and oxygen atoms in total. The van der Waals surface area contributed by atoms with Gasteiger partial charge in [0.1, 0.15) is 32.6 Å². The molecule has 0 bridgehead atoms. The topological polar surface area (TPSA) is 529 Å². The fourth-order valence-corrected chi connectivity index (χ4v) is 10.2. The van der Waals surface area contributed by atoms with Crippen LogP contribution < -0.4 is 4.74 Å². The van der Waals surface area contributed by atoms with E-state index in [1.807, 2.05) is 0 Å². The Labute approximate surface area is 443 Å². The highest BCUT2D eigenvalue weighted by Crippen LogP contribution is 2.44. The standard InChI is InChI=1S/C37H31N9O16S5.CO2.2O3S/c1-19-14-29(31(62-12-3-13-64(50,51)52)16-28(19)42-45-37-39-26-9-6-20(18-47)34(33(26)63-37)66(56,57)58)43-40-25-10-8-24-23(32(25)48)7-11-27(35(24)67(59,60)61)41-44-30-17-38-46(36(30)49)21-4-2-5-22(15-21)65(53,54)55;2-1-3;2*1-4(2)3/h2,4-11,14-17,47-49H,3,12-13,18H2,1H3,(H,50,51,52)(H,53,54,55)(H,56,57,58)(H,59,60,61);;;. The molecule has 0 saturated carbocycles. The molecule has 0 unspecified atom stereocenters. The lowest BCUT2D eigenvalue weighted by Gasteiger charge is -2.11. The molecule has 0 aliphatic carbocycles. The number of ether oxygens (including phenoxy) is 1. The highest BCUT2D eigenvalue weighted by Gasteiger charge is 2.25. The number of hydrogen-bond acceptors (Lipinski definition) is 29. The molecule has 7 aromatic rings. The van der Waals surface area contributed by atoms with Gasteiger partial charge >= 0.3 is 27.4 Å². The molecule has 0 radical (unpaired) electrons. The van der Waals surface area contributed by atoms with Crippen molar-refractivity contribution in [3.63, 3.8) is 0 Å². The number of carbonyl (C=O) groups excluding carboxylic acids is 2. The van der Waals surface area contributed by atoms with Crippen molar-refractivity contribution in [3.05, 3.63) is 90.1 Å². The molecule has 5 aromatic carbocycles. The first kappa shape index (κ1) is 62.4. The highest BCUT2D eigenvalue weighted by atomic mass is 32.2. The summed E-state index contributed by atoms with van der Waals surface area (Å²) < 4.78 is 192. The predicted molar refractivity (Wildman–Crippen MR) is 260 cm³/mol. The first-order chi connectivity index (χ1) is 36.3. The predicted octanol–water partition coefficient (Wildman–Crippen LogP) is 4.90. The fraction of sp³-hybridized carbons (Fsp3) is 0.132. The maximum absolute atomic E-state index is 12.7. The number of benzene rings is 5. The van der Waals surface area contributed by atoms with Gasteiger partial charge in [-0.2, -0.15) is 53.0 Å². The van der Waals surface area contributed by atoms with Gasteiger partial charge in [0.25, 0.3) is 40.5 Å². The molecule has 0 atom stereocenters. The Balaban J connectivity index is 0.00000109. The van der Waals surface area contributed by atoms with E-state index < -0.39 is 106 Å². The highest BCUT2D eigenvalue weighted by molar-refractivity contribution is 7.87. The molecular formula is C38H31N9O24S7. The van der Waals surface area contributed by atoms with Crippen molar-refractivity contribution < 1.29 is 107 Å². The Kier molecular flexibility index (Phi) is 21.0. The lowest BCUT2D eigenvalue weighted by molar-refractivity contribution is -0.191. The van der Waals surface area contributed by atoms with Crippen LogP contribution in [0, 0.1) is 6.92 Å². The van der Waals surface area contributed by atoms with Crippen LogP contribution in [0.2, 0.25) is 0 Å². The Bertz CT molecular complexity index is 4260. The van der Waals surface area contributed by atoms with E-state index >= 15 is 0 Å². The number of nitrogens with zero attached hydrogens (tertiary/aromatic N) is 9. The second kappa shape index (κ2) is 26.3. The number of aliphatic hydroxyl groups excluding tert-OH is 1. The Morgan fingerprint density at radius 1 is 0.667 bits per heavy atom. The maximum Gasteiger partial charge on any atom is 0.425 e. The zero-order chi connectivity index (χ0) is 58.5. The van der Waals surface area contributed by atoms with Crippen LogP contribution in [0.1, 0.15) is 17.5 Å². The van der Waals surface area contributed by atoms with Crippen LogP contribution in [-0.4, -0.2) is 126 Å². The van der Waals surface area contributed by atoms with Crippen LogP contribution in [0.4, 0.5) is 33.6 Å². The third-order valence-corrected chi connectivity index (χ3v) is 14.0. The molecule has 7 N–H and O–H groups in total. The van der Waals surface area contributed by atoms with Gasteiger partial charge in [-0.3, -0.25) is 18.2 Å². The number of fused-ring (bicyclic) bond motifs is 2. The smallest absolute Gasteiger partial charge is 0.425 e. The van der Waals surface area contributed by atoms with Gasteiger partial charge in [-0.1, -0.05) is 29.5 Å². The number of phenols is 1. The minimum atomic E-state index is -5.11. The second-order valence-corrected chi connectivity index (χ2v) is 21.9. The van der Waals surface area contributed by atoms with E-state index in [1.54, 1.807) is 6.92 Å². The molecule has 414 valence electrons. The van der Waals surface area contributed by atoms with Gasteiger partial charge in [0.2, 0.25) is 11.0 Å². The summed E-state index contributed by atoms with van der Waals surface area (Å²) in [7, 11) is -25.0. The van der Waals surface area contributed by atoms with Crippen molar-refractivity contribution in [1.29, 1.82) is 0 Å². The number of rotatable bonds is 16. The van der Waals surface area contributed by atoms with E-state index in [4.69, 9.17) is 39.6 Å². The van der Waals surface area contributed by atoms with E-state index in [1.165, 1.54) is 48.5 Å². The molecule has 78 heavy (non-hydrogen) atoms. The maximum atomic E-state index is 12.7. The third kappa shape index (κ3) is 17.2. The number of aromatic hydroxyl groups is 2. The molecular weight excluding hydrogens is 1190 g/mol. The molecule has 2 heterocycles. The molecule has 2 aromatic heterocycles. The van der Waals surface area contributed by atoms with Crippen molar-refractivity contribution >= 4 is 134 Å². The van der Waals surface area contributed by atoms with Crippen LogP contribution in [0.25, 0.3) is 26.7 Å². The monoisotopic (exact) mass is 1220 g/mol. The van der Waals surface area contributed by atoms with E-state index in [2.05, 4.69) is 40.8 Å². The molecule has 7 rings (SSSR count). The van der Waals surface area contributed by atoms with Gasteiger partial charge in [-0.05, 0) is 67.4 Å². The zero-order valence-corrected chi connectivity index (χ0v) is 44.0. The number of phenolic OH excluding ortho intramolecular Hbond substituents is 1. The van der Waals surface area contributed by atoms with Gasteiger partial charge in [-0.15, -0.1) is 55.9 Å². The summed E-state index contributed by atoms with van der Waals surface area (Å²) in [6.45, 7) is 0.642. The van der Waals surface area contributed by atoms with Gasteiger partial charge < -0.3 is 20.1 Å². The number of thiazole rings is 1. The second-order valence-electron chi connectivity index (χ2n) is 14.4. The van der Waals surface area contributed by atoms with E-state index in [-0.39, 0.29) is 85.0 Å². The average molecular weight is 1220 g/mol. The summed E-state index contributed by atoms with van der Waals surface area (Å²) in [6.07, 6.45) is 1.09. The summed E-state index contributed by atoms with van der Waals surface area (Å²) in [5, 5.41) is 59.4. The largest absolute Gasteiger partial charge is 0.505 e. The van der Waals surface area contributed by atoms with Gasteiger partial charge in [0.05, 0.1) is 51.7 Å². The Morgan fingerprint density at radius 2 is 1.23 bits per heavy atom. The number of azo groups is 3. The summed E-state index contributed by atoms with van der Waals surface area (Å²) in [6, 6.07) is 14.9. The van der Waals surface area contributed by atoms with Crippen LogP contribution in [0.15, 0.2) is 124 Å². The lowest BCUT2D eigenvalue weighted by Crippen LogP contribution is -2.08. The van der Waals surface area contributed by atoms with Crippen molar-refractivity contribution in [3.8, 4) is 23.1 Å².